The average Bonchev–Trinajstić information content (AvgIpc) is 2.54. The zero-order valence-electron chi connectivity index (χ0n) is 12.4. The number of benzene rings is 2. The van der Waals surface area contributed by atoms with Gasteiger partial charge in [-0.3, -0.25) is 4.79 Å². The van der Waals surface area contributed by atoms with E-state index in [4.69, 9.17) is 4.74 Å². The highest BCUT2D eigenvalue weighted by atomic mass is 19.1. The second-order valence-corrected chi connectivity index (χ2v) is 4.97. The fourth-order valence-electron chi connectivity index (χ4n) is 2.07. The summed E-state index contributed by atoms with van der Waals surface area (Å²) >= 11 is 0. The van der Waals surface area contributed by atoms with Crippen LogP contribution in [0.2, 0.25) is 0 Å². The van der Waals surface area contributed by atoms with Crippen molar-refractivity contribution in [3.8, 4) is 5.75 Å². The summed E-state index contributed by atoms with van der Waals surface area (Å²) in [6.07, 6.45) is 2.05. The van der Waals surface area contributed by atoms with Gasteiger partial charge in [0, 0.05) is 6.54 Å². The Morgan fingerprint density at radius 2 is 1.77 bits per heavy atom. The summed E-state index contributed by atoms with van der Waals surface area (Å²) < 4.78 is 18.5. The second kappa shape index (κ2) is 8.82. The molecule has 3 nitrogen and oxygen atoms in total. The molecule has 0 fully saturated rings. The van der Waals surface area contributed by atoms with E-state index >= 15 is 0 Å². The van der Waals surface area contributed by atoms with Crippen molar-refractivity contribution in [2.24, 2.45) is 0 Å². The summed E-state index contributed by atoms with van der Waals surface area (Å²) in [7, 11) is 0. The normalized spacial score (nSPS) is 10.2. The van der Waals surface area contributed by atoms with Gasteiger partial charge in [0.2, 0.25) is 5.91 Å². The Morgan fingerprint density at radius 3 is 2.55 bits per heavy atom. The van der Waals surface area contributed by atoms with E-state index in [1.807, 2.05) is 18.2 Å². The van der Waals surface area contributed by atoms with Gasteiger partial charge in [-0.15, -0.1) is 0 Å². The highest BCUT2D eigenvalue weighted by molar-refractivity contribution is 5.75. The van der Waals surface area contributed by atoms with Crippen LogP contribution in [-0.4, -0.2) is 19.1 Å². The highest BCUT2D eigenvalue weighted by Gasteiger charge is 2.04. The molecule has 0 aromatic heterocycles. The Balaban J connectivity index is 1.57. The van der Waals surface area contributed by atoms with E-state index in [0.717, 1.165) is 12.8 Å². The molecule has 2 aromatic carbocycles. The minimum absolute atomic E-state index is 0.0793. The Bertz CT molecular complexity index is 587. The number of ether oxygens (including phenoxy) is 1. The third kappa shape index (κ3) is 5.56. The molecule has 0 heterocycles. The van der Waals surface area contributed by atoms with E-state index in [-0.39, 0.29) is 24.7 Å². The van der Waals surface area contributed by atoms with E-state index in [9.17, 15) is 9.18 Å². The SMILES string of the molecule is O=C(CCOc1ccccc1F)NCCCc1ccccc1. The lowest BCUT2D eigenvalue weighted by atomic mass is 10.1. The van der Waals surface area contributed by atoms with E-state index in [1.54, 1.807) is 18.2 Å². The molecule has 0 aliphatic heterocycles. The van der Waals surface area contributed by atoms with Gasteiger partial charge in [-0.05, 0) is 30.5 Å². The first-order valence-corrected chi connectivity index (χ1v) is 7.43. The molecule has 116 valence electrons. The van der Waals surface area contributed by atoms with Crippen molar-refractivity contribution in [3.05, 3.63) is 66.0 Å². The second-order valence-electron chi connectivity index (χ2n) is 4.97. The van der Waals surface area contributed by atoms with E-state index in [0.29, 0.717) is 6.54 Å². The molecule has 0 atom stereocenters. The molecule has 0 spiro atoms. The Hall–Kier alpha value is -2.36. The lowest BCUT2D eigenvalue weighted by molar-refractivity contribution is -0.121. The van der Waals surface area contributed by atoms with Crippen LogP contribution < -0.4 is 10.1 Å². The molecular formula is C18H20FNO2. The smallest absolute Gasteiger partial charge is 0.223 e. The van der Waals surface area contributed by atoms with Gasteiger partial charge in [-0.25, -0.2) is 4.39 Å². The largest absolute Gasteiger partial charge is 0.490 e. The maximum absolute atomic E-state index is 13.3. The third-order valence-electron chi connectivity index (χ3n) is 3.23. The van der Waals surface area contributed by atoms with E-state index < -0.39 is 5.82 Å². The van der Waals surface area contributed by atoms with Crippen LogP contribution in [0.5, 0.6) is 5.75 Å². The molecule has 2 aromatic rings. The van der Waals surface area contributed by atoms with Crippen molar-refractivity contribution in [1.29, 1.82) is 0 Å². The van der Waals surface area contributed by atoms with Crippen molar-refractivity contribution in [2.45, 2.75) is 19.3 Å². The monoisotopic (exact) mass is 301 g/mol. The van der Waals surface area contributed by atoms with Crippen molar-refractivity contribution in [1.82, 2.24) is 5.32 Å². The first-order valence-electron chi connectivity index (χ1n) is 7.43. The first-order chi connectivity index (χ1) is 10.8. The zero-order chi connectivity index (χ0) is 15.6. The molecule has 1 amide bonds. The summed E-state index contributed by atoms with van der Waals surface area (Å²) in [5.41, 5.74) is 1.26. The van der Waals surface area contributed by atoms with Crippen LogP contribution in [0.4, 0.5) is 4.39 Å². The third-order valence-corrected chi connectivity index (χ3v) is 3.23. The number of aryl methyl sites for hydroxylation is 1. The van der Waals surface area contributed by atoms with Crippen LogP contribution in [-0.2, 0) is 11.2 Å². The molecule has 0 saturated heterocycles. The molecule has 0 saturated carbocycles. The lowest BCUT2D eigenvalue weighted by Gasteiger charge is -2.08. The van der Waals surface area contributed by atoms with E-state index in [1.165, 1.54) is 11.6 Å². The predicted octanol–water partition coefficient (Wildman–Crippen LogP) is 3.34. The number of nitrogens with one attached hydrogen (secondary N) is 1. The number of halogens is 1. The zero-order valence-corrected chi connectivity index (χ0v) is 12.4. The van der Waals surface area contributed by atoms with Gasteiger partial charge in [0.15, 0.2) is 11.6 Å². The Labute approximate surface area is 130 Å². The summed E-state index contributed by atoms with van der Waals surface area (Å²) in [6.45, 7) is 0.804. The number of rotatable bonds is 8. The van der Waals surface area contributed by atoms with Crippen LogP contribution in [0.25, 0.3) is 0 Å². The molecule has 2 rings (SSSR count). The summed E-state index contributed by atoms with van der Waals surface area (Å²) in [6, 6.07) is 16.3. The summed E-state index contributed by atoms with van der Waals surface area (Å²) in [5, 5.41) is 2.84. The van der Waals surface area contributed by atoms with Crippen LogP contribution in [0.15, 0.2) is 54.6 Å². The molecule has 4 heteroatoms. The minimum Gasteiger partial charge on any atom is -0.490 e. The van der Waals surface area contributed by atoms with Crippen molar-refractivity contribution >= 4 is 5.91 Å². The van der Waals surface area contributed by atoms with Gasteiger partial charge in [0.1, 0.15) is 0 Å². The number of hydrogen-bond donors (Lipinski definition) is 1. The van der Waals surface area contributed by atoms with Crippen molar-refractivity contribution in [3.63, 3.8) is 0 Å². The molecule has 22 heavy (non-hydrogen) atoms. The van der Waals surface area contributed by atoms with Crippen molar-refractivity contribution < 1.29 is 13.9 Å². The fourth-order valence-corrected chi connectivity index (χ4v) is 2.07. The van der Waals surface area contributed by atoms with Crippen LogP contribution >= 0.6 is 0 Å². The van der Waals surface area contributed by atoms with Gasteiger partial charge in [-0.2, -0.15) is 0 Å². The topological polar surface area (TPSA) is 38.3 Å². The van der Waals surface area contributed by atoms with Crippen LogP contribution in [0.1, 0.15) is 18.4 Å². The van der Waals surface area contributed by atoms with E-state index in [2.05, 4.69) is 17.4 Å². The average molecular weight is 301 g/mol. The predicted molar refractivity (Wildman–Crippen MR) is 84.3 cm³/mol. The summed E-state index contributed by atoms with van der Waals surface area (Å²) in [4.78, 5) is 11.6. The van der Waals surface area contributed by atoms with Crippen molar-refractivity contribution in [2.75, 3.05) is 13.2 Å². The number of carbonyl (C=O) groups is 1. The molecular weight excluding hydrogens is 281 g/mol. The molecule has 1 N–H and O–H groups in total. The molecule has 0 unspecified atom stereocenters. The fraction of sp³-hybridized carbons (Fsp3) is 0.278. The molecule has 0 bridgehead atoms. The first kappa shape index (κ1) is 16.0. The van der Waals surface area contributed by atoms with Gasteiger partial charge >= 0.3 is 0 Å². The highest BCUT2D eigenvalue weighted by Crippen LogP contribution is 2.15. The standard InChI is InChI=1S/C18H20FNO2/c19-16-10-4-5-11-17(16)22-14-12-18(21)20-13-6-9-15-7-2-1-3-8-15/h1-5,7-8,10-11H,6,9,12-14H2,(H,20,21). The maximum Gasteiger partial charge on any atom is 0.223 e. The van der Waals surface area contributed by atoms with Gasteiger partial charge in [0.25, 0.3) is 0 Å². The minimum atomic E-state index is -0.411. The van der Waals surface area contributed by atoms with Gasteiger partial charge < -0.3 is 10.1 Å². The Morgan fingerprint density at radius 1 is 1.05 bits per heavy atom. The van der Waals surface area contributed by atoms with Crippen LogP contribution in [0.3, 0.4) is 0 Å². The number of amides is 1. The number of hydrogen-bond acceptors (Lipinski definition) is 2. The molecule has 0 aliphatic rings. The van der Waals surface area contributed by atoms with Gasteiger partial charge in [0.05, 0.1) is 13.0 Å². The quantitative estimate of drug-likeness (QED) is 0.759. The number of para-hydroxylation sites is 1. The Kier molecular flexibility index (Phi) is 6.42. The molecule has 0 aliphatic carbocycles. The maximum atomic E-state index is 13.3. The lowest BCUT2D eigenvalue weighted by Crippen LogP contribution is -2.26. The summed E-state index contributed by atoms with van der Waals surface area (Å²) in [5.74, 6) is -0.311. The molecule has 0 radical (unpaired) electrons. The van der Waals surface area contributed by atoms with Gasteiger partial charge in [-0.1, -0.05) is 42.5 Å². The number of carbonyl (C=O) groups excluding carboxylic acids is 1. The van der Waals surface area contributed by atoms with Crippen LogP contribution in [0, 0.1) is 5.82 Å².